The number of nitrogens with zero attached hydrogens (tertiary/aromatic N) is 3. The molecule has 1 aromatic carbocycles. The van der Waals surface area contributed by atoms with E-state index in [-0.39, 0.29) is 5.54 Å². The van der Waals surface area contributed by atoms with Gasteiger partial charge in [0.2, 0.25) is 0 Å². The number of aliphatic imine (C=N–C) groups is 1. The van der Waals surface area contributed by atoms with Crippen LogP contribution in [-0.2, 0) is 0 Å². The van der Waals surface area contributed by atoms with Crippen LogP contribution in [0, 0.1) is 53.3 Å². The maximum Gasteiger partial charge on any atom is 0.0661 e. The van der Waals surface area contributed by atoms with Crippen LogP contribution < -0.4 is 4.90 Å². The molecular weight excluding hydrogens is 679 g/mol. The molecule has 0 saturated carbocycles. The second-order valence-corrected chi connectivity index (χ2v) is 18.6. The minimum absolute atomic E-state index is 0.106. The molecule has 56 heavy (non-hydrogen) atoms. The Labute approximate surface area is 336 Å². The summed E-state index contributed by atoms with van der Waals surface area (Å²) in [7, 11) is 0. The van der Waals surface area contributed by atoms with Gasteiger partial charge in [0.15, 0.2) is 0 Å². The van der Waals surface area contributed by atoms with Gasteiger partial charge in [-0.1, -0.05) is 132 Å². The third kappa shape index (κ3) is 5.54. The molecule has 0 N–H and O–H groups in total. The highest BCUT2D eigenvalue weighted by Crippen LogP contribution is 2.56. The molecule has 286 valence electrons. The van der Waals surface area contributed by atoms with Crippen LogP contribution in [-0.4, -0.2) is 22.7 Å². The lowest BCUT2D eigenvalue weighted by Gasteiger charge is -2.42. The largest absolute Gasteiger partial charge is 0.355 e. The second kappa shape index (κ2) is 13.8. The fraction of sp³-hybridized carbons (Fsp3) is 0.415. The number of anilines is 1. The molecule has 3 nitrogen and oxygen atoms in total. The maximum atomic E-state index is 5.10. The molecule has 0 bridgehead atoms. The zero-order valence-corrected chi connectivity index (χ0v) is 34.3. The van der Waals surface area contributed by atoms with Crippen LogP contribution in [0.15, 0.2) is 166 Å². The first-order chi connectivity index (χ1) is 27.2. The first-order valence-corrected chi connectivity index (χ1v) is 21.8. The molecule has 0 amide bonds. The van der Waals surface area contributed by atoms with Gasteiger partial charge >= 0.3 is 0 Å². The Morgan fingerprint density at radius 2 is 1.66 bits per heavy atom. The lowest BCUT2D eigenvalue weighted by molar-refractivity contribution is 0.232. The van der Waals surface area contributed by atoms with Gasteiger partial charge in [0, 0.05) is 52.7 Å². The Kier molecular flexibility index (Phi) is 8.80. The van der Waals surface area contributed by atoms with E-state index in [2.05, 4.69) is 179 Å². The first-order valence-electron chi connectivity index (χ1n) is 21.8. The van der Waals surface area contributed by atoms with Crippen molar-refractivity contribution in [3.63, 3.8) is 0 Å². The molecule has 3 aliphatic heterocycles. The molecule has 0 radical (unpaired) electrons. The van der Waals surface area contributed by atoms with Crippen molar-refractivity contribution in [2.24, 2.45) is 58.3 Å². The highest BCUT2D eigenvalue weighted by Gasteiger charge is 2.52. The summed E-state index contributed by atoms with van der Waals surface area (Å²) in [5.41, 5.74) is 13.8. The van der Waals surface area contributed by atoms with E-state index in [4.69, 9.17) is 4.99 Å². The van der Waals surface area contributed by atoms with E-state index >= 15 is 0 Å². The summed E-state index contributed by atoms with van der Waals surface area (Å²) in [6.45, 7) is 14.6. The first kappa shape index (κ1) is 35.8. The van der Waals surface area contributed by atoms with Gasteiger partial charge in [-0.15, -0.1) is 0 Å². The van der Waals surface area contributed by atoms with Crippen molar-refractivity contribution in [2.75, 3.05) is 4.90 Å². The fourth-order valence-electron chi connectivity index (χ4n) is 12.0. The third-order valence-electron chi connectivity index (χ3n) is 15.3. The number of benzene rings is 1. The molecule has 1 aromatic rings. The lowest BCUT2D eigenvalue weighted by Crippen LogP contribution is -2.46. The second-order valence-electron chi connectivity index (χ2n) is 18.6. The molecule has 3 heteroatoms. The van der Waals surface area contributed by atoms with E-state index in [1.165, 1.54) is 51.5 Å². The van der Waals surface area contributed by atoms with E-state index in [9.17, 15) is 0 Å². The topological polar surface area (TPSA) is 18.8 Å². The molecule has 6 aliphatic carbocycles. The van der Waals surface area contributed by atoms with Gasteiger partial charge in [-0.2, -0.15) is 0 Å². The van der Waals surface area contributed by atoms with Crippen molar-refractivity contribution in [3.8, 4) is 0 Å². The molecule has 0 aromatic heterocycles. The van der Waals surface area contributed by atoms with E-state index in [0.717, 1.165) is 37.3 Å². The molecule has 0 spiro atoms. The van der Waals surface area contributed by atoms with Crippen LogP contribution in [0.1, 0.15) is 79.2 Å². The lowest BCUT2D eigenvalue weighted by atomic mass is 9.68. The van der Waals surface area contributed by atoms with Gasteiger partial charge in [0.1, 0.15) is 0 Å². The van der Waals surface area contributed by atoms with E-state index < -0.39 is 0 Å². The van der Waals surface area contributed by atoms with Crippen LogP contribution in [0.4, 0.5) is 5.69 Å². The van der Waals surface area contributed by atoms with Crippen LogP contribution in [0.2, 0.25) is 0 Å². The predicted octanol–water partition coefficient (Wildman–Crippen LogP) is 12.6. The summed E-state index contributed by atoms with van der Waals surface area (Å²) in [6.07, 6.45) is 46.7. The average Bonchev–Trinajstić information content (AvgIpc) is 3.70. The minimum Gasteiger partial charge on any atom is -0.355 e. The van der Waals surface area contributed by atoms with Gasteiger partial charge < -0.3 is 9.80 Å². The molecule has 11 unspecified atom stereocenters. The van der Waals surface area contributed by atoms with Gasteiger partial charge in [0.25, 0.3) is 0 Å². The van der Waals surface area contributed by atoms with Gasteiger partial charge in [-0.3, -0.25) is 4.99 Å². The Balaban J connectivity index is 0.933. The molecule has 11 atom stereocenters. The van der Waals surface area contributed by atoms with Crippen LogP contribution in [0.5, 0.6) is 0 Å². The van der Waals surface area contributed by atoms with Gasteiger partial charge in [-0.25, -0.2) is 0 Å². The Morgan fingerprint density at radius 3 is 2.46 bits per heavy atom. The number of fused-ring (bicyclic) bond motifs is 5. The van der Waals surface area contributed by atoms with Crippen LogP contribution in [0.3, 0.4) is 0 Å². The average molecular weight is 738 g/mol. The molecule has 1 fully saturated rings. The zero-order valence-electron chi connectivity index (χ0n) is 34.3. The van der Waals surface area contributed by atoms with Gasteiger partial charge in [0.05, 0.1) is 17.3 Å². The standard InChI is InChI=1S/C53H59N3/c1-33-14-12-19-43(36(33)4)46-32-54-48(30-35(46)3)38-22-24-41(25-23-38)56-49-21-11-10-18-44(49)47-31-39(28-29-53(47,56)6)42-26-27-50-51(37(42)5)45-20-13-15-34(2)52(45)55(50)40-16-8-7-9-17-40/h8,10-13,16-28,30-37,43-44,46,49,51H,7,9,14-15,29H2,1-6H3. The van der Waals surface area contributed by atoms with Crippen LogP contribution >= 0.6 is 0 Å². The van der Waals surface area contributed by atoms with Crippen molar-refractivity contribution in [1.82, 2.24) is 4.90 Å². The Hall–Kier alpha value is -4.63. The van der Waals surface area contributed by atoms with E-state index in [0.29, 0.717) is 53.4 Å². The summed E-state index contributed by atoms with van der Waals surface area (Å²) < 4.78 is 0. The Bertz CT molecular complexity index is 2220. The third-order valence-corrected chi connectivity index (χ3v) is 15.3. The summed E-state index contributed by atoms with van der Waals surface area (Å²) in [5.74, 6) is 4.55. The molecule has 1 saturated heterocycles. The predicted molar refractivity (Wildman–Crippen MR) is 235 cm³/mol. The smallest absolute Gasteiger partial charge is 0.0661 e. The van der Waals surface area contributed by atoms with Crippen molar-refractivity contribution in [1.29, 1.82) is 0 Å². The summed E-state index contributed by atoms with van der Waals surface area (Å²) in [4.78, 5) is 10.4. The normalized spacial score (nSPS) is 38.0. The SMILES string of the molecule is CC1CC=CC2=C1N(C1=CCCC=C1)C1=CC=C(C3=CCC4(C)C(=C3)C3C=CC=CC3N4c3ccc(C4=CC(C)C(C5C=CCC(C)C5C)C=N4)cc3)C(C)C12. The summed E-state index contributed by atoms with van der Waals surface area (Å²) in [6, 6.07) is 9.64. The monoisotopic (exact) mass is 737 g/mol. The van der Waals surface area contributed by atoms with Crippen molar-refractivity contribution in [3.05, 3.63) is 166 Å². The highest BCUT2D eigenvalue weighted by molar-refractivity contribution is 5.79. The minimum atomic E-state index is -0.106. The van der Waals surface area contributed by atoms with Crippen molar-refractivity contribution < 1.29 is 0 Å². The summed E-state index contributed by atoms with van der Waals surface area (Å²) in [5, 5.41) is 0. The molecule has 9 aliphatic rings. The Morgan fingerprint density at radius 1 is 0.821 bits per heavy atom. The maximum absolute atomic E-state index is 5.10. The number of hydrogen-bond acceptors (Lipinski definition) is 3. The number of rotatable bonds is 5. The molecule has 10 rings (SSSR count). The molecular formula is C53H59N3. The fourth-order valence-corrected chi connectivity index (χ4v) is 12.0. The quantitative estimate of drug-likeness (QED) is 0.280. The van der Waals surface area contributed by atoms with Crippen molar-refractivity contribution in [2.45, 2.75) is 85.2 Å². The number of allylic oxidation sites excluding steroid dienone is 17. The van der Waals surface area contributed by atoms with Crippen molar-refractivity contribution >= 4 is 17.6 Å². The van der Waals surface area contributed by atoms with Gasteiger partial charge in [-0.05, 0) is 121 Å². The summed E-state index contributed by atoms with van der Waals surface area (Å²) >= 11 is 0. The highest BCUT2D eigenvalue weighted by atomic mass is 15.3. The molecule has 3 heterocycles. The zero-order chi connectivity index (χ0) is 38.3. The van der Waals surface area contributed by atoms with E-state index in [1.54, 1.807) is 5.57 Å². The van der Waals surface area contributed by atoms with Crippen LogP contribution in [0.25, 0.3) is 5.70 Å². The number of hydrogen-bond donors (Lipinski definition) is 0. The van der Waals surface area contributed by atoms with E-state index in [1.807, 2.05) is 0 Å².